The number of hydrogen-bond acceptors (Lipinski definition) is 6. The summed E-state index contributed by atoms with van der Waals surface area (Å²) in [5.41, 5.74) is 4.11. The maximum Gasteiger partial charge on any atom is 0.263 e. The summed E-state index contributed by atoms with van der Waals surface area (Å²) in [7, 11) is 1.60. The number of nitrogens with one attached hydrogen (secondary N) is 1. The predicted octanol–water partition coefficient (Wildman–Crippen LogP) is 2.65. The minimum absolute atomic E-state index is 0.0934. The van der Waals surface area contributed by atoms with Crippen molar-refractivity contribution in [3.05, 3.63) is 72.3 Å². The number of tetrazole rings is 1. The molecule has 0 fully saturated rings. The van der Waals surface area contributed by atoms with Crippen LogP contribution >= 0.6 is 0 Å². The van der Waals surface area contributed by atoms with E-state index in [4.69, 9.17) is 4.74 Å². The molecule has 1 amide bonds. The summed E-state index contributed by atoms with van der Waals surface area (Å²) in [6, 6.07) is 21.2. The van der Waals surface area contributed by atoms with E-state index < -0.39 is 0 Å². The molecular formula is C21H18N6O2. The van der Waals surface area contributed by atoms with Crippen molar-refractivity contribution in [2.45, 2.75) is 6.54 Å². The van der Waals surface area contributed by atoms with Crippen molar-refractivity contribution >= 4 is 22.9 Å². The highest BCUT2D eigenvalue weighted by atomic mass is 16.5. The topological polar surface area (TPSA) is 94.3 Å². The maximum absolute atomic E-state index is 12.2. The molecule has 1 aromatic heterocycles. The molecule has 29 heavy (non-hydrogen) atoms. The van der Waals surface area contributed by atoms with E-state index in [1.165, 1.54) is 4.80 Å². The molecule has 0 radical (unpaired) electrons. The van der Waals surface area contributed by atoms with Gasteiger partial charge in [-0.05, 0) is 22.1 Å². The molecule has 0 saturated heterocycles. The van der Waals surface area contributed by atoms with Crippen LogP contribution < -0.4 is 10.2 Å². The van der Waals surface area contributed by atoms with Crippen molar-refractivity contribution in [1.82, 2.24) is 25.6 Å². The van der Waals surface area contributed by atoms with Gasteiger partial charge in [-0.1, -0.05) is 60.7 Å². The Morgan fingerprint density at radius 2 is 1.90 bits per heavy atom. The Morgan fingerprint density at radius 1 is 1.10 bits per heavy atom. The first-order valence-corrected chi connectivity index (χ1v) is 8.95. The predicted molar refractivity (Wildman–Crippen MR) is 109 cm³/mol. The summed E-state index contributed by atoms with van der Waals surface area (Å²) in [6.07, 6.45) is 1.57. The zero-order chi connectivity index (χ0) is 20.1. The van der Waals surface area contributed by atoms with Gasteiger partial charge in [0.1, 0.15) is 12.3 Å². The molecule has 4 rings (SSSR count). The van der Waals surface area contributed by atoms with Crippen molar-refractivity contribution in [1.29, 1.82) is 0 Å². The second-order valence-electron chi connectivity index (χ2n) is 6.21. The minimum atomic E-state index is -0.363. The van der Waals surface area contributed by atoms with E-state index >= 15 is 0 Å². The van der Waals surface area contributed by atoms with Gasteiger partial charge in [-0.15, -0.1) is 10.2 Å². The third-order valence-corrected chi connectivity index (χ3v) is 4.30. The van der Waals surface area contributed by atoms with Crippen LogP contribution in [-0.2, 0) is 11.3 Å². The van der Waals surface area contributed by atoms with Gasteiger partial charge in [0.25, 0.3) is 5.91 Å². The monoisotopic (exact) mass is 386 g/mol. The quantitative estimate of drug-likeness (QED) is 0.406. The van der Waals surface area contributed by atoms with Crippen molar-refractivity contribution in [2.24, 2.45) is 5.10 Å². The Morgan fingerprint density at radius 3 is 2.72 bits per heavy atom. The number of rotatable bonds is 6. The van der Waals surface area contributed by atoms with Crippen LogP contribution in [0, 0.1) is 0 Å². The molecule has 1 N–H and O–H groups in total. The fraction of sp³-hybridized carbons (Fsp3) is 0.0952. The first-order valence-electron chi connectivity index (χ1n) is 8.95. The molecule has 8 nitrogen and oxygen atoms in total. The second kappa shape index (κ2) is 8.30. The summed E-state index contributed by atoms with van der Waals surface area (Å²) in [4.78, 5) is 13.4. The van der Waals surface area contributed by atoms with E-state index in [-0.39, 0.29) is 12.5 Å². The smallest absolute Gasteiger partial charge is 0.263 e. The fourth-order valence-corrected chi connectivity index (χ4v) is 2.93. The Balaban J connectivity index is 1.45. The Bertz CT molecular complexity index is 1170. The first kappa shape index (κ1) is 18.3. The number of methoxy groups -OCH3 is 1. The van der Waals surface area contributed by atoms with Gasteiger partial charge in [-0.3, -0.25) is 4.79 Å². The van der Waals surface area contributed by atoms with Crippen LogP contribution in [0.25, 0.3) is 22.2 Å². The van der Waals surface area contributed by atoms with E-state index in [9.17, 15) is 4.79 Å². The molecule has 0 bridgehead atoms. The summed E-state index contributed by atoms with van der Waals surface area (Å²) in [5.74, 6) is 0.770. The Kier molecular flexibility index (Phi) is 5.24. The largest absolute Gasteiger partial charge is 0.496 e. The van der Waals surface area contributed by atoms with Crippen LogP contribution in [-0.4, -0.2) is 39.4 Å². The van der Waals surface area contributed by atoms with Crippen LogP contribution in [0.15, 0.2) is 71.8 Å². The molecule has 0 aliphatic heterocycles. The molecule has 4 aromatic rings. The molecule has 8 heteroatoms. The number of fused-ring (bicyclic) bond motifs is 1. The number of benzene rings is 3. The van der Waals surface area contributed by atoms with E-state index in [2.05, 4.69) is 25.9 Å². The lowest BCUT2D eigenvalue weighted by atomic mass is 10.0. The number of carbonyl (C=O) groups is 1. The van der Waals surface area contributed by atoms with Gasteiger partial charge in [0.15, 0.2) is 0 Å². The summed E-state index contributed by atoms with van der Waals surface area (Å²) < 4.78 is 5.42. The fourth-order valence-electron chi connectivity index (χ4n) is 2.93. The SMILES string of the molecule is COc1ccc2ccccc2c1/C=N/NC(=O)Cn1nnc(-c2ccccc2)n1. The summed E-state index contributed by atoms with van der Waals surface area (Å²) in [6.45, 7) is -0.0934. The highest BCUT2D eigenvalue weighted by Crippen LogP contribution is 2.26. The second-order valence-corrected chi connectivity index (χ2v) is 6.21. The first-order chi connectivity index (χ1) is 14.2. The Labute approximate surface area is 166 Å². The molecule has 0 aliphatic rings. The van der Waals surface area contributed by atoms with Crippen molar-refractivity contribution < 1.29 is 9.53 Å². The van der Waals surface area contributed by atoms with Gasteiger partial charge in [0.2, 0.25) is 5.82 Å². The normalized spacial score (nSPS) is 11.1. The number of ether oxygens (including phenoxy) is 1. The minimum Gasteiger partial charge on any atom is -0.496 e. The lowest BCUT2D eigenvalue weighted by Gasteiger charge is -2.08. The summed E-state index contributed by atoms with van der Waals surface area (Å²) in [5, 5.41) is 18.2. The number of hydrazone groups is 1. The third kappa shape index (κ3) is 4.11. The van der Waals surface area contributed by atoms with Gasteiger partial charge in [0, 0.05) is 11.1 Å². The number of amides is 1. The molecule has 0 unspecified atom stereocenters. The van der Waals surface area contributed by atoms with Crippen LogP contribution in [0.4, 0.5) is 0 Å². The molecule has 0 aliphatic carbocycles. The average Bonchev–Trinajstić information content (AvgIpc) is 3.23. The average molecular weight is 386 g/mol. The van der Waals surface area contributed by atoms with E-state index in [1.54, 1.807) is 13.3 Å². The van der Waals surface area contributed by atoms with Gasteiger partial charge in [0.05, 0.1) is 13.3 Å². The van der Waals surface area contributed by atoms with E-state index in [1.807, 2.05) is 66.7 Å². The van der Waals surface area contributed by atoms with Crippen LogP contribution in [0.2, 0.25) is 0 Å². The summed E-state index contributed by atoms with van der Waals surface area (Å²) >= 11 is 0. The third-order valence-electron chi connectivity index (χ3n) is 4.30. The van der Waals surface area contributed by atoms with Crippen LogP contribution in [0.1, 0.15) is 5.56 Å². The van der Waals surface area contributed by atoms with Crippen molar-refractivity contribution in [3.63, 3.8) is 0 Å². The number of aromatic nitrogens is 4. The molecular weight excluding hydrogens is 368 g/mol. The van der Waals surface area contributed by atoms with Crippen molar-refractivity contribution in [3.8, 4) is 17.1 Å². The van der Waals surface area contributed by atoms with E-state index in [0.29, 0.717) is 11.6 Å². The lowest BCUT2D eigenvalue weighted by Crippen LogP contribution is -2.24. The van der Waals surface area contributed by atoms with Crippen LogP contribution in [0.3, 0.4) is 0 Å². The van der Waals surface area contributed by atoms with Crippen LogP contribution in [0.5, 0.6) is 5.75 Å². The molecule has 3 aromatic carbocycles. The van der Waals surface area contributed by atoms with Crippen molar-refractivity contribution in [2.75, 3.05) is 7.11 Å². The molecule has 0 spiro atoms. The maximum atomic E-state index is 12.2. The molecule has 0 saturated carbocycles. The van der Waals surface area contributed by atoms with Gasteiger partial charge in [-0.2, -0.15) is 9.90 Å². The van der Waals surface area contributed by atoms with E-state index in [0.717, 1.165) is 21.9 Å². The Hall–Kier alpha value is -4.07. The molecule has 1 heterocycles. The standard InChI is InChI=1S/C21H18N6O2/c1-29-19-12-11-15-7-5-6-10-17(15)18(19)13-22-23-20(28)14-27-25-21(24-26-27)16-8-3-2-4-9-16/h2-13H,14H2,1H3,(H,23,28)/b22-13+. The highest BCUT2D eigenvalue weighted by Gasteiger charge is 2.09. The zero-order valence-electron chi connectivity index (χ0n) is 15.7. The zero-order valence-corrected chi connectivity index (χ0v) is 15.7. The van der Waals surface area contributed by atoms with Gasteiger partial charge >= 0.3 is 0 Å². The molecule has 144 valence electrons. The van der Waals surface area contributed by atoms with Gasteiger partial charge < -0.3 is 4.74 Å². The number of nitrogens with zero attached hydrogens (tertiary/aromatic N) is 5. The lowest BCUT2D eigenvalue weighted by molar-refractivity contribution is -0.122. The number of hydrogen-bond donors (Lipinski definition) is 1. The number of carbonyl (C=O) groups excluding carboxylic acids is 1. The highest BCUT2D eigenvalue weighted by molar-refractivity contribution is 6.02. The molecule has 0 atom stereocenters. The van der Waals surface area contributed by atoms with Gasteiger partial charge in [-0.25, -0.2) is 5.43 Å².